The summed E-state index contributed by atoms with van der Waals surface area (Å²) in [5, 5.41) is 3.05. The van der Waals surface area contributed by atoms with Crippen molar-refractivity contribution < 1.29 is 4.79 Å². The molecule has 1 N–H and O–H groups in total. The first kappa shape index (κ1) is 15.9. The van der Waals surface area contributed by atoms with Crippen LogP contribution in [0.1, 0.15) is 23.0 Å². The van der Waals surface area contributed by atoms with Gasteiger partial charge in [0.05, 0.1) is 5.69 Å². The van der Waals surface area contributed by atoms with Crippen LogP contribution in [0.5, 0.6) is 0 Å². The summed E-state index contributed by atoms with van der Waals surface area (Å²) in [5.41, 5.74) is 3.50. The topological polar surface area (TPSA) is 54.9 Å². The first-order chi connectivity index (χ1) is 11.7. The molecule has 4 nitrogen and oxygen atoms in total. The average molecular weight is 317 g/mol. The Kier molecular flexibility index (Phi) is 4.96. The molecule has 0 saturated heterocycles. The number of amides is 1. The fourth-order valence-electron chi connectivity index (χ4n) is 2.65. The molecule has 120 valence electrons. The number of nitrogens with one attached hydrogen (secondary N) is 1. The van der Waals surface area contributed by atoms with Crippen molar-refractivity contribution in [2.24, 2.45) is 0 Å². The van der Waals surface area contributed by atoms with Gasteiger partial charge in [-0.15, -0.1) is 0 Å². The predicted octanol–water partition coefficient (Wildman–Crippen LogP) is 3.50. The molecule has 0 radical (unpaired) electrons. The van der Waals surface area contributed by atoms with E-state index >= 15 is 0 Å². The Balaban J connectivity index is 1.76. The second-order valence-corrected chi connectivity index (χ2v) is 5.69. The zero-order valence-electron chi connectivity index (χ0n) is 13.5. The maximum atomic E-state index is 12.7. The average Bonchev–Trinajstić information content (AvgIpc) is 2.63. The fourth-order valence-corrected chi connectivity index (χ4v) is 2.65. The molecule has 0 spiro atoms. The van der Waals surface area contributed by atoms with E-state index in [4.69, 9.17) is 0 Å². The minimum Gasteiger partial charge on any atom is -0.349 e. The van der Waals surface area contributed by atoms with Gasteiger partial charge < -0.3 is 5.32 Å². The molecule has 0 saturated carbocycles. The lowest BCUT2D eigenvalue weighted by molar-refractivity contribution is 0.0940. The lowest BCUT2D eigenvalue weighted by Crippen LogP contribution is -2.34. The fraction of sp³-hybridized carbons (Fsp3) is 0.150. The number of aromatic nitrogens is 2. The van der Waals surface area contributed by atoms with Crippen LogP contribution in [0.4, 0.5) is 0 Å². The summed E-state index contributed by atoms with van der Waals surface area (Å²) in [6.07, 6.45) is 5.67. The molecule has 1 amide bonds. The van der Waals surface area contributed by atoms with Crippen LogP contribution in [0, 0.1) is 0 Å². The van der Waals surface area contributed by atoms with E-state index in [1.807, 2.05) is 61.5 Å². The highest BCUT2D eigenvalue weighted by Gasteiger charge is 2.15. The molecule has 0 fully saturated rings. The lowest BCUT2D eigenvalue weighted by Gasteiger charge is -2.15. The molecule has 1 aromatic heterocycles. The van der Waals surface area contributed by atoms with Crippen molar-refractivity contribution >= 4 is 5.91 Å². The standard InChI is InChI=1S/C20H19N3O/c1-15(13-17-14-21-11-12-22-17)23-20(24)19-10-6-5-9-18(19)16-7-3-2-4-8-16/h2-12,14-15H,13H2,1H3,(H,23,24). The lowest BCUT2D eigenvalue weighted by atomic mass is 9.99. The first-order valence-electron chi connectivity index (χ1n) is 7.94. The zero-order valence-corrected chi connectivity index (χ0v) is 13.5. The second kappa shape index (κ2) is 7.51. The van der Waals surface area contributed by atoms with Crippen LogP contribution in [0.3, 0.4) is 0 Å². The van der Waals surface area contributed by atoms with Gasteiger partial charge in [0.25, 0.3) is 5.91 Å². The van der Waals surface area contributed by atoms with Crippen LogP contribution in [-0.4, -0.2) is 21.9 Å². The van der Waals surface area contributed by atoms with Crippen molar-refractivity contribution in [3.05, 3.63) is 84.4 Å². The number of benzene rings is 2. The first-order valence-corrected chi connectivity index (χ1v) is 7.94. The van der Waals surface area contributed by atoms with Gasteiger partial charge >= 0.3 is 0 Å². The van der Waals surface area contributed by atoms with Crippen molar-refractivity contribution in [2.75, 3.05) is 0 Å². The highest BCUT2D eigenvalue weighted by molar-refractivity contribution is 6.01. The molecular weight excluding hydrogens is 298 g/mol. The molecule has 4 heteroatoms. The molecule has 0 aliphatic carbocycles. The van der Waals surface area contributed by atoms with Crippen molar-refractivity contribution in [3.63, 3.8) is 0 Å². The summed E-state index contributed by atoms with van der Waals surface area (Å²) in [4.78, 5) is 21.0. The number of carbonyl (C=O) groups is 1. The molecule has 0 bridgehead atoms. The van der Waals surface area contributed by atoms with Crippen LogP contribution in [-0.2, 0) is 6.42 Å². The van der Waals surface area contributed by atoms with Crippen LogP contribution in [0.25, 0.3) is 11.1 Å². The molecule has 0 aliphatic rings. The number of nitrogens with zero attached hydrogens (tertiary/aromatic N) is 2. The Hall–Kier alpha value is -3.01. The van der Waals surface area contributed by atoms with Crippen molar-refractivity contribution in [1.29, 1.82) is 0 Å². The molecule has 1 atom stereocenters. The smallest absolute Gasteiger partial charge is 0.252 e. The zero-order chi connectivity index (χ0) is 16.8. The van der Waals surface area contributed by atoms with Crippen molar-refractivity contribution in [1.82, 2.24) is 15.3 Å². The highest BCUT2D eigenvalue weighted by atomic mass is 16.1. The van der Waals surface area contributed by atoms with Gasteiger partial charge in [0, 0.05) is 36.6 Å². The van der Waals surface area contributed by atoms with Gasteiger partial charge in [0.1, 0.15) is 0 Å². The van der Waals surface area contributed by atoms with Gasteiger partial charge in [0.15, 0.2) is 0 Å². The Morgan fingerprint density at radius 2 is 1.79 bits per heavy atom. The molecular formula is C20H19N3O. The highest BCUT2D eigenvalue weighted by Crippen LogP contribution is 2.23. The van der Waals surface area contributed by atoms with Crippen molar-refractivity contribution in [2.45, 2.75) is 19.4 Å². The van der Waals surface area contributed by atoms with Gasteiger partial charge in [-0.2, -0.15) is 0 Å². The van der Waals surface area contributed by atoms with Gasteiger partial charge in [-0.25, -0.2) is 0 Å². The van der Waals surface area contributed by atoms with E-state index in [9.17, 15) is 4.79 Å². The van der Waals surface area contributed by atoms with Gasteiger partial charge in [-0.05, 0) is 24.1 Å². The quantitative estimate of drug-likeness (QED) is 0.783. The minimum absolute atomic E-state index is 0.0296. The Bertz CT molecular complexity index is 803. The summed E-state index contributed by atoms with van der Waals surface area (Å²) in [7, 11) is 0. The van der Waals surface area contributed by atoms with Gasteiger partial charge in [0.2, 0.25) is 0 Å². The van der Waals surface area contributed by atoms with E-state index in [1.54, 1.807) is 18.6 Å². The largest absolute Gasteiger partial charge is 0.349 e. The van der Waals surface area contributed by atoms with Crippen molar-refractivity contribution in [3.8, 4) is 11.1 Å². The van der Waals surface area contributed by atoms with Crippen LogP contribution in [0.15, 0.2) is 73.2 Å². The second-order valence-electron chi connectivity index (χ2n) is 5.69. The molecule has 3 rings (SSSR count). The SMILES string of the molecule is CC(Cc1cnccn1)NC(=O)c1ccccc1-c1ccccc1. The summed E-state index contributed by atoms with van der Waals surface area (Å²) in [6, 6.07) is 17.6. The Morgan fingerprint density at radius 3 is 2.54 bits per heavy atom. The summed E-state index contributed by atoms with van der Waals surface area (Å²) in [5.74, 6) is -0.0779. The number of carbonyl (C=O) groups excluding carboxylic acids is 1. The number of rotatable bonds is 5. The van der Waals surface area contributed by atoms with E-state index in [0.29, 0.717) is 12.0 Å². The predicted molar refractivity (Wildman–Crippen MR) is 94.5 cm³/mol. The monoisotopic (exact) mass is 317 g/mol. The molecule has 1 unspecified atom stereocenters. The Morgan fingerprint density at radius 1 is 1.04 bits per heavy atom. The van der Waals surface area contributed by atoms with Crippen LogP contribution < -0.4 is 5.32 Å². The van der Waals surface area contributed by atoms with E-state index in [-0.39, 0.29) is 11.9 Å². The summed E-state index contributed by atoms with van der Waals surface area (Å²) >= 11 is 0. The third-order valence-corrected chi connectivity index (χ3v) is 3.77. The van der Waals surface area contributed by atoms with E-state index in [0.717, 1.165) is 16.8 Å². The molecule has 24 heavy (non-hydrogen) atoms. The molecule has 2 aromatic carbocycles. The third-order valence-electron chi connectivity index (χ3n) is 3.77. The van der Waals surface area contributed by atoms with Crippen LogP contribution >= 0.6 is 0 Å². The molecule has 3 aromatic rings. The third kappa shape index (κ3) is 3.84. The normalized spacial score (nSPS) is 11.7. The molecule has 1 heterocycles. The van der Waals surface area contributed by atoms with E-state index in [2.05, 4.69) is 15.3 Å². The summed E-state index contributed by atoms with van der Waals surface area (Å²) in [6.45, 7) is 1.97. The minimum atomic E-state index is -0.0779. The van der Waals surface area contributed by atoms with E-state index in [1.165, 1.54) is 0 Å². The maximum Gasteiger partial charge on any atom is 0.252 e. The molecule has 0 aliphatic heterocycles. The van der Waals surface area contributed by atoms with Crippen LogP contribution in [0.2, 0.25) is 0 Å². The van der Waals surface area contributed by atoms with Gasteiger partial charge in [-0.1, -0.05) is 48.5 Å². The van der Waals surface area contributed by atoms with E-state index < -0.39 is 0 Å². The summed E-state index contributed by atoms with van der Waals surface area (Å²) < 4.78 is 0. The van der Waals surface area contributed by atoms with Gasteiger partial charge in [-0.3, -0.25) is 14.8 Å². The number of hydrogen-bond donors (Lipinski definition) is 1. The maximum absolute atomic E-state index is 12.7. The number of hydrogen-bond acceptors (Lipinski definition) is 3. The Labute approximate surface area is 141 Å².